The molecule has 0 spiro atoms. The van der Waals surface area contributed by atoms with Gasteiger partial charge in [0.15, 0.2) is 0 Å². The van der Waals surface area contributed by atoms with E-state index in [0.717, 1.165) is 46.9 Å². The van der Waals surface area contributed by atoms with Gasteiger partial charge in [-0.1, -0.05) is 18.2 Å². The quantitative estimate of drug-likeness (QED) is 0.633. The van der Waals surface area contributed by atoms with Crippen LogP contribution in [0.15, 0.2) is 30.3 Å². The Bertz CT molecular complexity index is 1040. The highest BCUT2D eigenvalue weighted by Crippen LogP contribution is 2.27. The number of benzene rings is 1. The topological polar surface area (TPSA) is 96.1 Å². The van der Waals surface area contributed by atoms with Gasteiger partial charge in [-0.2, -0.15) is 0 Å². The zero-order valence-corrected chi connectivity index (χ0v) is 16.0. The van der Waals surface area contributed by atoms with Gasteiger partial charge in [-0.25, -0.2) is 4.98 Å². The van der Waals surface area contributed by atoms with E-state index in [4.69, 9.17) is 4.74 Å². The summed E-state index contributed by atoms with van der Waals surface area (Å²) in [6.07, 6.45) is 2.05. The lowest BCUT2D eigenvalue weighted by Gasteiger charge is -2.16. The van der Waals surface area contributed by atoms with Crippen LogP contribution in [0.2, 0.25) is 0 Å². The second-order valence-electron chi connectivity index (χ2n) is 7.26. The number of pyridine rings is 1. The van der Waals surface area contributed by atoms with Crippen LogP contribution in [0.4, 0.5) is 0 Å². The van der Waals surface area contributed by atoms with Crippen molar-refractivity contribution in [2.45, 2.75) is 38.8 Å². The smallest absolute Gasteiger partial charge is 0.270 e. The Kier molecular flexibility index (Phi) is 5.00. The zero-order valence-electron chi connectivity index (χ0n) is 16.0. The lowest BCUT2D eigenvalue weighted by molar-refractivity contribution is -0.123. The van der Waals surface area contributed by atoms with Crippen LogP contribution in [0.5, 0.6) is 0 Å². The number of ether oxygens (including phenoxy) is 1. The highest BCUT2D eigenvalue weighted by Gasteiger charge is 2.21. The van der Waals surface area contributed by atoms with Crippen molar-refractivity contribution in [3.8, 4) is 0 Å². The third kappa shape index (κ3) is 3.57. The number of nitrogens with zero attached hydrogens (tertiary/aromatic N) is 1. The van der Waals surface area contributed by atoms with E-state index in [1.165, 1.54) is 0 Å². The van der Waals surface area contributed by atoms with Crippen LogP contribution in [0.25, 0.3) is 21.8 Å². The Morgan fingerprint density at radius 2 is 2.14 bits per heavy atom. The molecule has 3 N–H and O–H groups in total. The van der Waals surface area contributed by atoms with Crippen LogP contribution in [-0.4, -0.2) is 47.1 Å². The van der Waals surface area contributed by atoms with Crippen molar-refractivity contribution in [2.75, 3.05) is 13.2 Å². The Labute approximate surface area is 162 Å². The summed E-state index contributed by atoms with van der Waals surface area (Å²) in [5.41, 5.74) is 2.96. The van der Waals surface area contributed by atoms with Crippen LogP contribution >= 0.6 is 0 Å². The van der Waals surface area contributed by atoms with Gasteiger partial charge in [0.05, 0.1) is 17.3 Å². The molecule has 7 heteroatoms. The summed E-state index contributed by atoms with van der Waals surface area (Å²) in [4.78, 5) is 32.7. The van der Waals surface area contributed by atoms with Crippen molar-refractivity contribution >= 4 is 33.6 Å². The van der Waals surface area contributed by atoms with Crippen molar-refractivity contribution in [1.29, 1.82) is 0 Å². The number of H-pyrrole nitrogens is 1. The van der Waals surface area contributed by atoms with Crippen LogP contribution in [0, 0.1) is 6.92 Å². The number of hydrogen-bond donors (Lipinski definition) is 3. The minimum Gasteiger partial charge on any atom is -0.376 e. The molecule has 7 nitrogen and oxygen atoms in total. The molecule has 0 unspecified atom stereocenters. The minimum atomic E-state index is -0.658. The minimum absolute atomic E-state index is 0.0699. The predicted octanol–water partition coefficient (Wildman–Crippen LogP) is 2.44. The molecule has 1 aliphatic heterocycles. The number of aromatic nitrogens is 2. The molecule has 4 rings (SSSR count). The molecular weight excluding hydrogens is 356 g/mol. The molecule has 3 aromatic rings. The summed E-state index contributed by atoms with van der Waals surface area (Å²) in [5.74, 6) is -0.594. The molecule has 28 heavy (non-hydrogen) atoms. The maximum Gasteiger partial charge on any atom is 0.270 e. The molecule has 2 amide bonds. The molecule has 2 atom stereocenters. The van der Waals surface area contributed by atoms with E-state index in [1.807, 2.05) is 31.2 Å². The molecule has 3 heterocycles. The Morgan fingerprint density at radius 1 is 1.32 bits per heavy atom. The summed E-state index contributed by atoms with van der Waals surface area (Å²) >= 11 is 0. The first kappa shape index (κ1) is 18.4. The normalized spacial score (nSPS) is 17.7. The van der Waals surface area contributed by atoms with Gasteiger partial charge in [0, 0.05) is 29.4 Å². The average molecular weight is 380 g/mol. The molecule has 0 aliphatic carbocycles. The maximum absolute atomic E-state index is 12.7. The number of rotatable bonds is 5. The van der Waals surface area contributed by atoms with E-state index in [0.29, 0.717) is 12.2 Å². The van der Waals surface area contributed by atoms with E-state index in [-0.39, 0.29) is 17.9 Å². The highest BCUT2D eigenvalue weighted by molar-refractivity contribution is 6.10. The summed E-state index contributed by atoms with van der Waals surface area (Å²) < 4.78 is 5.50. The first-order valence-electron chi connectivity index (χ1n) is 9.61. The number of nitrogens with one attached hydrogen (secondary N) is 3. The molecule has 1 aromatic carbocycles. The number of aromatic amines is 1. The lowest BCUT2D eigenvalue weighted by Crippen LogP contribution is -2.46. The van der Waals surface area contributed by atoms with E-state index < -0.39 is 6.04 Å². The molecule has 1 fully saturated rings. The molecular formula is C21H24N4O3. The van der Waals surface area contributed by atoms with Crippen LogP contribution < -0.4 is 10.6 Å². The standard InChI is InChI=1S/C21H24N4O3/c1-12-19-16(15-7-3-4-8-17(15)25-19)10-18(23-12)21(27)24-13(2)20(26)22-11-14-6-5-9-28-14/h3-4,7-8,10,13-14,25H,5-6,9,11H2,1-2H3,(H,22,26)(H,24,27)/t13-,14-/m0/s1. The Hall–Kier alpha value is -2.93. The van der Waals surface area contributed by atoms with E-state index in [9.17, 15) is 9.59 Å². The molecule has 146 valence electrons. The number of carbonyl (C=O) groups excluding carboxylic acids is 2. The summed E-state index contributed by atoms with van der Waals surface area (Å²) in [5, 5.41) is 7.57. The number of hydrogen-bond acceptors (Lipinski definition) is 4. The van der Waals surface area contributed by atoms with Gasteiger partial charge in [-0.15, -0.1) is 0 Å². The van der Waals surface area contributed by atoms with Crippen LogP contribution in [0.1, 0.15) is 35.9 Å². The lowest BCUT2D eigenvalue weighted by atomic mass is 10.1. The van der Waals surface area contributed by atoms with Gasteiger partial charge in [0.25, 0.3) is 5.91 Å². The largest absolute Gasteiger partial charge is 0.376 e. The van der Waals surface area contributed by atoms with Crippen LogP contribution in [0.3, 0.4) is 0 Å². The highest BCUT2D eigenvalue weighted by atomic mass is 16.5. The average Bonchev–Trinajstić information content (AvgIpc) is 3.34. The molecule has 0 saturated carbocycles. The van der Waals surface area contributed by atoms with Crippen molar-refractivity contribution in [3.63, 3.8) is 0 Å². The number of amides is 2. The number of fused-ring (bicyclic) bond motifs is 3. The fourth-order valence-electron chi connectivity index (χ4n) is 3.63. The van der Waals surface area contributed by atoms with Crippen molar-refractivity contribution in [3.05, 3.63) is 41.7 Å². The fourth-order valence-corrected chi connectivity index (χ4v) is 3.63. The Balaban J connectivity index is 1.48. The predicted molar refractivity (Wildman–Crippen MR) is 107 cm³/mol. The summed E-state index contributed by atoms with van der Waals surface area (Å²) in [6, 6.07) is 9.05. The van der Waals surface area contributed by atoms with Gasteiger partial charge in [-0.3, -0.25) is 9.59 Å². The van der Waals surface area contributed by atoms with E-state index in [1.54, 1.807) is 13.0 Å². The second kappa shape index (κ2) is 7.59. The monoisotopic (exact) mass is 380 g/mol. The molecule has 1 aliphatic rings. The molecule has 2 aromatic heterocycles. The van der Waals surface area contributed by atoms with Gasteiger partial charge < -0.3 is 20.4 Å². The van der Waals surface area contributed by atoms with Crippen LogP contribution in [-0.2, 0) is 9.53 Å². The number of aryl methyl sites for hydroxylation is 1. The zero-order chi connectivity index (χ0) is 19.7. The molecule has 1 saturated heterocycles. The van der Waals surface area contributed by atoms with Gasteiger partial charge >= 0.3 is 0 Å². The summed E-state index contributed by atoms with van der Waals surface area (Å²) in [6.45, 7) is 4.75. The summed E-state index contributed by atoms with van der Waals surface area (Å²) in [7, 11) is 0. The second-order valence-corrected chi connectivity index (χ2v) is 7.26. The van der Waals surface area contributed by atoms with E-state index >= 15 is 0 Å². The maximum atomic E-state index is 12.7. The molecule has 0 bridgehead atoms. The first-order valence-corrected chi connectivity index (χ1v) is 9.61. The van der Waals surface area contributed by atoms with Gasteiger partial charge in [0.2, 0.25) is 5.91 Å². The SMILES string of the molecule is Cc1nc(C(=O)N[C@@H](C)C(=O)NC[C@@H]2CCCO2)cc2c1[nH]c1ccccc12. The van der Waals surface area contributed by atoms with Gasteiger partial charge in [0.1, 0.15) is 11.7 Å². The fraction of sp³-hybridized carbons (Fsp3) is 0.381. The third-order valence-electron chi connectivity index (χ3n) is 5.18. The number of para-hydroxylation sites is 1. The van der Waals surface area contributed by atoms with E-state index in [2.05, 4.69) is 20.6 Å². The first-order chi connectivity index (χ1) is 13.5. The van der Waals surface area contributed by atoms with Crippen molar-refractivity contribution in [1.82, 2.24) is 20.6 Å². The Morgan fingerprint density at radius 3 is 2.93 bits per heavy atom. The molecule has 0 radical (unpaired) electrons. The van der Waals surface area contributed by atoms with Gasteiger partial charge in [-0.05, 0) is 38.8 Å². The third-order valence-corrected chi connectivity index (χ3v) is 5.18. The van der Waals surface area contributed by atoms with Crippen molar-refractivity contribution in [2.24, 2.45) is 0 Å². The number of carbonyl (C=O) groups is 2. The van der Waals surface area contributed by atoms with Crippen molar-refractivity contribution < 1.29 is 14.3 Å².